The van der Waals surface area contributed by atoms with Crippen molar-refractivity contribution in [2.24, 2.45) is 0 Å². The molecule has 1 N–H and O–H groups in total. The van der Waals surface area contributed by atoms with Gasteiger partial charge in [0.2, 0.25) is 0 Å². The maximum absolute atomic E-state index is 5.96. The molecule has 0 saturated heterocycles. The van der Waals surface area contributed by atoms with Gasteiger partial charge in [-0.15, -0.1) is 0 Å². The molecule has 1 atom stereocenters. The van der Waals surface area contributed by atoms with Gasteiger partial charge in [-0.2, -0.15) is 0 Å². The van der Waals surface area contributed by atoms with Gasteiger partial charge in [0.1, 0.15) is 18.1 Å². The molecule has 0 bridgehead atoms. The van der Waals surface area contributed by atoms with E-state index in [1.54, 1.807) is 7.11 Å². The van der Waals surface area contributed by atoms with Crippen molar-refractivity contribution in [3.8, 4) is 0 Å². The Balaban J connectivity index is 2.37. The van der Waals surface area contributed by atoms with Gasteiger partial charge in [0.15, 0.2) is 0 Å². The van der Waals surface area contributed by atoms with E-state index in [0.717, 1.165) is 24.5 Å². The predicted molar refractivity (Wildman–Crippen MR) is 85.5 cm³/mol. The van der Waals surface area contributed by atoms with Crippen LogP contribution >= 0.6 is 0 Å². The lowest BCUT2D eigenvalue weighted by Gasteiger charge is -2.21. The lowest BCUT2D eigenvalue weighted by molar-refractivity contribution is 0.162. The first kappa shape index (κ1) is 15.8. The van der Waals surface area contributed by atoms with Crippen LogP contribution in [0.1, 0.15) is 47.6 Å². The van der Waals surface area contributed by atoms with Crippen LogP contribution in [0.3, 0.4) is 0 Å². The van der Waals surface area contributed by atoms with E-state index in [9.17, 15) is 0 Å². The third kappa shape index (κ3) is 3.74. The number of furan rings is 1. The quantitative estimate of drug-likeness (QED) is 0.831. The number of nitrogens with one attached hydrogen (secondary N) is 1. The van der Waals surface area contributed by atoms with Crippen LogP contribution < -0.4 is 5.32 Å². The summed E-state index contributed by atoms with van der Waals surface area (Å²) in [6, 6.07) is 10.5. The zero-order valence-corrected chi connectivity index (χ0v) is 13.4. The molecule has 21 heavy (non-hydrogen) atoms. The third-order valence-corrected chi connectivity index (χ3v) is 3.68. The van der Waals surface area contributed by atoms with Crippen LogP contribution in [0.4, 0.5) is 0 Å². The number of aryl methyl sites for hydroxylation is 2. The van der Waals surface area contributed by atoms with E-state index in [1.165, 1.54) is 16.7 Å². The van der Waals surface area contributed by atoms with E-state index in [4.69, 9.17) is 9.15 Å². The fraction of sp³-hybridized carbons (Fsp3) is 0.444. The van der Waals surface area contributed by atoms with Crippen LogP contribution in [-0.2, 0) is 11.3 Å². The molecule has 0 fully saturated rings. The van der Waals surface area contributed by atoms with Gasteiger partial charge in [-0.05, 0) is 55.6 Å². The second kappa shape index (κ2) is 7.43. The van der Waals surface area contributed by atoms with Crippen molar-refractivity contribution in [1.82, 2.24) is 5.32 Å². The van der Waals surface area contributed by atoms with Crippen LogP contribution in [0.25, 0.3) is 0 Å². The Bertz CT molecular complexity index is 554. The molecule has 114 valence electrons. The standard InChI is InChI=1S/C18H25NO2/c1-5-11-19-18(16-10-9-15(21-16)12-20-4)17-13(2)7-6-8-14(17)3/h6-10,18-19H,5,11-12H2,1-4H3. The first-order chi connectivity index (χ1) is 10.2. The summed E-state index contributed by atoms with van der Waals surface area (Å²) in [5.74, 6) is 1.81. The Hall–Kier alpha value is -1.58. The average Bonchev–Trinajstić information content (AvgIpc) is 2.91. The molecule has 1 aromatic carbocycles. The van der Waals surface area contributed by atoms with E-state index in [1.807, 2.05) is 12.1 Å². The van der Waals surface area contributed by atoms with Crippen molar-refractivity contribution in [3.05, 3.63) is 58.5 Å². The summed E-state index contributed by atoms with van der Waals surface area (Å²) in [5.41, 5.74) is 3.88. The van der Waals surface area contributed by atoms with Gasteiger partial charge >= 0.3 is 0 Å². The molecule has 0 spiro atoms. The Morgan fingerprint density at radius 2 is 1.86 bits per heavy atom. The number of hydrogen-bond acceptors (Lipinski definition) is 3. The highest BCUT2D eigenvalue weighted by Crippen LogP contribution is 2.29. The van der Waals surface area contributed by atoms with E-state index >= 15 is 0 Å². The van der Waals surface area contributed by atoms with Crippen LogP contribution in [0.5, 0.6) is 0 Å². The molecular formula is C18H25NO2. The minimum atomic E-state index is 0.0942. The second-order valence-electron chi connectivity index (χ2n) is 5.43. The molecule has 3 heteroatoms. The highest BCUT2D eigenvalue weighted by molar-refractivity contribution is 5.40. The summed E-state index contributed by atoms with van der Waals surface area (Å²) in [5, 5.41) is 3.60. The molecule has 1 heterocycles. The van der Waals surface area contributed by atoms with Gasteiger partial charge in [0.05, 0.1) is 6.04 Å². The smallest absolute Gasteiger partial charge is 0.129 e. The Kier molecular flexibility index (Phi) is 5.59. The lowest BCUT2D eigenvalue weighted by atomic mass is 9.94. The van der Waals surface area contributed by atoms with Crippen LogP contribution in [0.2, 0.25) is 0 Å². The monoisotopic (exact) mass is 287 g/mol. The molecule has 1 unspecified atom stereocenters. The number of methoxy groups -OCH3 is 1. The van der Waals surface area contributed by atoms with E-state index < -0.39 is 0 Å². The maximum Gasteiger partial charge on any atom is 0.129 e. The van der Waals surface area contributed by atoms with Gasteiger partial charge in [0, 0.05) is 7.11 Å². The molecule has 3 nitrogen and oxygen atoms in total. The fourth-order valence-electron chi connectivity index (χ4n) is 2.69. The molecular weight excluding hydrogens is 262 g/mol. The van der Waals surface area contributed by atoms with Gasteiger partial charge in [-0.25, -0.2) is 0 Å². The molecule has 0 saturated carbocycles. The number of hydrogen-bond donors (Lipinski definition) is 1. The Labute approximate surface area is 127 Å². The van der Waals surface area contributed by atoms with Crippen molar-refractivity contribution in [3.63, 3.8) is 0 Å². The Morgan fingerprint density at radius 1 is 1.14 bits per heavy atom. The minimum Gasteiger partial charge on any atom is -0.462 e. The largest absolute Gasteiger partial charge is 0.462 e. The highest BCUT2D eigenvalue weighted by atomic mass is 16.5. The van der Waals surface area contributed by atoms with E-state index in [-0.39, 0.29) is 6.04 Å². The summed E-state index contributed by atoms with van der Waals surface area (Å²) >= 11 is 0. The zero-order valence-electron chi connectivity index (χ0n) is 13.4. The topological polar surface area (TPSA) is 34.4 Å². The molecule has 0 amide bonds. The van der Waals surface area contributed by atoms with Crippen molar-refractivity contribution >= 4 is 0 Å². The van der Waals surface area contributed by atoms with E-state index in [2.05, 4.69) is 44.3 Å². The number of ether oxygens (including phenoxy) is 1. The fourth-order valence-corrected chi connectivity index (χ4v) is 2.69. The predicted octanol–water partition coefficient (Wildman–Crippen LogP) is 4.13. The molecule has 2 aromatic rings. The third-order valence-electron chi connectivity index (χ3n) is 3.68. The summed E-state index contributed by atoms with van der Waals surface area (Å²) in [6.45, 7) is 7.95. The minimum absolute atomic E-state index is 0.0942. The molecule has 1 aromatic heterocycles. The zero-order chi connectivity index (χ0) is 15.2. The van der Waals surface area contributed by atoms with E-state index in [0.29, 0.717) is 6.61 Å². The SMILES string of the molecule is CCCNC(c1ccc(COC)o1)c1c(C)cccc1C. The van der Waals surface area contributed by atoms with Crippen molar-refractivity contribution in [2.45, 2.75) is 39.8 Å². The second-order valence-corrected chi connectivity index (χ2v) is 5.43. The summed E-state index contributed by atoms with van der Waals surface area (Å²) in [7, 11) is 1.68. The van der Waals surface area contributed by atoms with Gasteiger partial charge in [-0.1, -0.05) is 25.1 Å². The maximum atomic E-state index is 5.96. The summed E-state index contributed by atoms with van der Waals surface area (Å²) in [6.07, 6.45) is 1.09. The van der Waals surface area contributed by atoms with Crippen molar-refractivity contribution < 1.29 is 9.15 Å². The lowest BCUT2D eigenvalue weighted by Crippen LogP contribution is -2.24. The Morgan fingerprint density at radius 3 is 2.48 bits per heavy atom. The molecule has 0 radical (unpaired) electrons. The number of rotatable bonds is 7. The normalized spacial score (nSPS) is 12.6. The van der Waals surface area contributed by atoms with Crippen molar-refractivity contribution in [2.75, 3.05) is 13.7 Å². The van der Waals surface area contributed by atoms with Gasteiger partial charge < -0.3 is 14.5 Å². The summed E-state index contributed by atoms with van der Waals surface area (Å²) < 4.78 is 11.1. The van der Waals surface area contributed by atoms with Gasteiger partial charge in [-0.3, -0.25) is 0 Å². The molecule has 2 rings (SSSR count). The molecule has 0 aliphatic rings. The average molecular weight is 287 g/mol. The first-order valence-corrected chi connectivity index (χ1v) is 7.54. The van der Waals surface area contributed by atoms with Crippen LogP contribution in [0, 0.1) is 13.8 Å². The molecule has 0 aliphatic carbocycles. The van der Waals surface area contributed by atoms with Crippen LogP contribution in [-0.4, -0.2) is 13.7 Å². The highest BCUT2D eigenvalue weighted by Gasteiger charge is 2.20. The first-order valence-electron chi connectivity index (χ1n) is 7.54. The number of benzene rings is 1. The molecule has 0 aliphatic heterocycles. The van der Waals surface area contributed by atoms with Gasteiger partial charge in [0.25, 0.3) is 0 Å². The van der Waals surface area contributed by atoms with Crippen molar-refractivity contribution in [1.29, 1.82) is 0 Å². The van der Waals surface area contributed by atoms with Crippen LogP contribution in [0.15, 0.2) is 34.7 Å². The summed E-state index contributed by atoms with van der Waals surface area (Å²) in [4.78, 5) is 0.